The van der Waals surface area contributed by atoms with Crippen molar-refractivity contribution < 1.29 is 13.2 Å². The predicted octanol–water partition coefficient (Wildman–Crippen LogP) is 1.72. The third kappa shape index (κ3) is 4.26. The number of hydrogen-bond acceptors (Lipinski definition) is 5. The number of nitrogens with two attached hydrogens (primary N) is 1. The maximum atomic E-state index is 11.9. The molecule has 2 aromatic rings. The molecular weight excluding hydrogens is 346 g/mol. The lowest BCUT2D eigenvalue weighted by molar-refractivity contribution is 0.0954. The predicted molar refractivity (Wildman–Crippen MR) is 85.7 cm³/mol. The van der Waals surface area contributed by atoms with Crippen molar-refractivity contribution in [1.29, 1.82) is 0 Å². The number of carbonyl (C=O) groups is 1. The number of aromatic nitrogens is 1. The van der Waals surface area contributed by atoms with Gasteiger partial charge in [-0.05, 0) is 31.2 Å². The number of thiazole rings is 1. The van der Waals surface area contributed by atoms with E-state index in [4.69, 9.17) is 16.7 Å². The lowest BCUT2D eigenvalue weighted by atomic mass is 10.2. The van der Waals surface area contributed by atoms with E-state index in [1.807, 2.05) is 6.92 Å². The summed E-state index contributed by atoms with van der Waals surface area (Å²) in [5.41, 5.74) is 1.15. The van der Waals surface area contributed by atoms with Crippen molar-refractivity contribution >= 4 is 38.9 Å². The van der Waals surface area contributed by atoms with Gasteiger partial charge in [-0.2, -0.15) is 0 Å². The molecule has 0 saturated carbocycles. The Hall–Kier alpha value is -1.48. The Morgan fingerprint density at radius 3 is 2.50 bits per heavy atom. The zero-order chi connectivity index (χ0) is 16.3. The Bertz CT molecular complexity index is 766. The van der Waals surface area contributed by atoms with Gasteiger partial charge in [0.15, 0.2) is 0 Å². The molecule has 1 amide bonds. The first-order valence-electron chi connectivity index (χ1n) is 6.30. The molecule has 6 nitrogen and oxygen atoms in total. The second-order valence-corrected chi connectivity index (χ2v) is 7.79. The van der Waals surface area contributed by atoms with Crippen LogP contribution in [0.1, 0.15) is 21.1 Å². The van der Waals surface area contributed by atoms with Crippen LogP contribution in [0.4, 0.5) is 0 Å². The summed E-state index contributed by atoms with van der Waals surface area (Å²) in [6.07, 6.45) is 0.583. The summed E-state index contributed by atoms with van der Waals surface area (Å²) >= 11 is 7.32. The van der Waals surface area contributed by atoms with Crippen molar-refractivity contribution in [2.24, 2.45) is 5.14 Å². The molecular formula is C13H14ClN3O3S2. The monoisotopic (exact) mass is 359 g/mol. The zero-order valence-corrected chi connectivity index (χ0v) is 14.1. The molecule has 0 aliphatic rings. The highest BCUT2D eigenvalue weighted by Gasteiger charge is 2.10. The number of sulfonamides is 1. The maximum absolute atomic E-state index is 11.9. The summed E-state index contributed by atoms with van der Waals surface area (Å²) in [4.78, 5) is 16.2. The lowest BCUT2D eigenvalue weighted by Crippen LogP contribution is -2.25. The SMILES string of the molecule is Cc1nc(CCNC(=O)c2ccc(S(N)(=O)=O)cc2)sc1Cl. The molecule has 0 unspecified atom stereocenters. The van der Waals surface area contributed by atoms with E-state index in [1.54, 1.807) is 0 Å². The van der Waals surface area contributed by atoms with Crippen LogP contribution in [0.5, 0.6) is 0 Å². The molecule has 118 valence electrons. The van der Waals surface area contributed by atoms with Gasteiger partial charge in [-0.1, -0.05) is 11.6 Å². The first kappa shape index (κ1) is 16.9. The van der Waals surface area contributed by atoms with Crippen molar-refractivity contribution in [3.63, 3.8) is 0 Å². The second kappa shape index (κ2) is 6.74. The van der Waals surface area contributed by atoms with E-state index in [9.17, 15) is 13.2 Å². The Balaban J connectivity index is 1.92. The number of primary sulfonamides is 1. The number of aryl methyl sites for hydroxylation is 1. The maximum Gasteiger partial charge on any atom is 0.251 e. The van der Waals surface area contributed by atoms with Gasteiger partial charge >= 0.3 is 0 Å². The molecule has 2 rings (SSSR count). The normalized spacial score (nSPS) is 11.4. The number of benzene rings is 1. The largest absolute Gasteiger partial charge is 0.352 e. The zero-order valence-electron chi connectivity index (χ0n) is 11.7. The smallest absolute Gasteiger partial charge is 0.251 e. The number of nitrogens with zero attached hydrogens (tertiary/aromatic N) is 1. The van der Waals surface area contributed by atoms with Crippen molar-refractivity contribution in [3.8, 4) is 0 Å². The third-order valence-corrected chi connectivity index (χ3v) is 5.29. The van der Waals surface area contributed by atoms with E-state index in [0.29, 0.717) is 22.9 Å². The van der Waals surface area contributed by atoms with Crippen molar-refractivity contribution in [3.05, 3.63) is 44.9 Å². The van der Waals surface area contributed by atoms with E-state index in [0.717, 1.165) is 10.7 Å². The van der Waals surface area contributed by atoms with Crippen LogP contribution in [0.3, 0.4) is 0 Å². The Morgan fingerprint density at radius 2 is 2.00 bits per heavy atom. The fourth-order valence-electron chi connectivity index (χ4n) is 1.72. The summed E-state index contributed by atoms with van der Waals surface area (Å²) in [6, 6.07) is 5.43. The highest BCUT2D eigenvalue weighted by molar-refractivity contribution is 7.89. The van der Waals surface area contributed by atoms with Crippen LogP contribution in [0, 0.1) is 6.92 Å². The minimum Gasteiger partial charge on any atom is -0.352 e. The van der Waals surface area contributed by atoms with Crippen molar-refractivity contribution in [2.75, 3.05) is 6.54 Å². The summed E-state index contributed by atoms with van der Waals surface area (Å²) in [6.45, 7) is 2.24. The van der Waals surface area contributed by atoms with Gasteiger partial charge in [-0.15, -0.1) is 11.3 Å². The Kier molecular flexibility index (Phi) is 5.17. The van der Waals surface area contributed by atoms with Crippen LogP contribution >= 0.6 is 22.9 Å². The first-order valence-corrected chi connectivity index (χ1v) is 9.04. The number of nitrogens with one attached hydrogen (secondary N) is 1. The van der Waals surface area contributed by atoms with E-state index in [2.05, 4.69) is 10.3 Å². The molecule has 0 spiro atoms. The quantitative estimate of drug-likeness (QED) is 0.848. The van der Waals surface area contributed by atoms with Crippen LogP contribution < -0.4 is 10.5 Å². The van der Waals surface area contributed by atoms with Crippen LogP contribution in [0.25, 0.3) is 0 Å². The molecule has 0 atom stereocenters. The molecule has 0 aliphatic heterocycles. The van der Waals surface area contributed by atoms with Gasteiger partial charge in [0.1, 0.15) is 4.34 Å². The van der Waals surface area contributed by atoms with Gasteiger partial charge in [0.05, 0.1) is 15.6 Å². The fraction of sp³-hybridized carbons (Fsp3) is 0.231. The topological polar surface area (TPSA) is 102 Å². The van der Waals surface area contributed by atoms with Gasteiger partial charge in [0.2, 0.25) is 10.0 Å². The summed E-state index contributed by atoms with van der Waals surface area (Å²) in [5.74, 6) is -0.291. The third-order valence-electron chi connectivity index (χ3n) is 2.85. The number of amides is 1. The lowest BCUT2D eigenvalue weighted by Gasteiger charge is -2.05. The number of hydrogen-bond donors (Lipinski definition) is 2. The molecule has 1 aromatic heterocycles. The van der Waals surface area contributed by atoms with Gasteiger partial charge in [0.25, 0.3) is 5.91 Å². The van der Waals surface area contributed by atoms with Crippen LogP contribution in [-0.4, -0.2) is 25.9 Å². The molecule has 0 aliphatic carbocycles. The van der Waals surface area contributed by atoms with Gasteiger partial charge < -0.3 is 5.32 Å². The average molecular weight is 360 g/mol. The Morgan fingerprint density at radius 1 is 1.36 bits per heavy atom. The molecule has 1 heterocycles. The molecule has 0 fully saturated rings. The highest BCUT2D eigenvalue weighted by atomic mass is 35.5. The summed E-state index contributed by atoms with van der Waals surface area (Å²) in [5, 5.41) is 8.59. The molecule has 9 heteroatoms. The molecule has 22 heavy (non-hydrogen) atoms. The van der Waals surface area contributed by atoms with Crippen molar-refractivity contribution in [1.82, 2.24) is 10.3 Å². The number of rotatable bonds is 5. The number of halogens is 1. The summed E-state index contributed by atoms with van der Waals surface area (Å²) < 4.78 is 22.9. The fourth-order valence-corrected chi connectivity index (χ4v) is 3.33. The first-order chi connectivity index (χ1) is 10.3. The average Bonchev–Trinajstić information content (AvgIpc) is 2.77. The van der Waals surface area contributed by atoms with E-state index in [1.165, 1.54) is 35.6 Å². The molecule has 0 saturated heterocycles. The molecule has 0 bridgehead atoms. The molecule has 3 N–H and O–H groups in total. The second-order valence-electron chi connectivity index (χ2n) is 4.54. The van der Waals surface area contributed by atoms with Crippen LogP contribution in [0.15, 0.2) is 29.2 Å². The van der Waals surface area contributed by atoms with E-state index >= 15 is 0 Å². The van der Waals surface area contributed by atoms with Gasteiger partial charge in [0, 0.05) is 18.5 Å². The standard InChI is InChI=1S/C13H14ClN3O3S2/c1-8-12(14)21-11(17-8)6-7-16-13(18)9-2-4-10(5-3-9)22(15,19)20/h2-5H,6-7H2,1H3,(H,16,18)(H2,15,19,20). The minimum atomic E-state index is -3.75. The van der Waals surface area contributed by atoms with Crippen molar-refractivity contribution in [2.45, 2.75) is 18.2 Å². The molecule has 1 aromatic carbocycles. The summed E-state index contributed by atoms with van der Waals surface area (Å²) in [7, 11) is -3.75. The minimum absolute atomic E-state index is 0.0306. The van der Waals surface area contributed by atoms with Crippen LogP contribution in [0.2, 0.25) is 4.34 Å². The highest BCUT2D eigenvalue weighted by Crippen LogP contribution is 2.23. The molecule has 0 radical (unpaired) electrons. The van der Waals surface area contributed by atoms with E-state index < -0.39 is 10.0 Å². The van der Waals surface area contributed by atoms with E-state index in [-0.39, 0.29) is 10.8 Å². The van der Waals surface area contributed by atoms with Gasteiger partial charge in [-0.25, -0.2) is 18.5 Å². The van der Waals surface area contributed by atoms with Crippen LogP contribution in [-0.2, 0) is 16.4 Å². The Labute approximate surface area is 137 Å². The van der Waals surface area contributed by atoms with Gasteiger partial charge in [-0.3, -0.25) is 4.79 Å². The number of carbonyl (C=O) groups excluding carboxylic acids is 1.